The molecule has 0 aliphatic carbocycles. The lowest BCUT2D eigenvalue weighted by Gasteiger charge is -2.26. The summed E-state index contributed by atoms with van der Waals surface area (Å²) in [5.41, 5.74) is 3.30. The molecule has 142 valence electrons. The van der Waals surface area contributed by atoms with Crippen molar-refractivity contribution in [1.29, 1.82) is 0 Å². The number of carbonyl (C=O) groups excluding carboxylic acids is 2. The van der Waals surface area contributed by atoms with Crippen LogP contribution in [0.1, 0.15) is 18.2 Å². The third-order valence-electron chi connectivity index (χ3n) is 4.79. The summed E-state index contributed by atoms with van der Waals surface area (Å²) in [7, 11) is 1.75. The number of carbonyl (C=O) groups is 2. The quantitative estimate of drug-likeness (QED) is 0.877. The average molecular weight is 368 g/mol. The molecule has 7 nitrogen and oxygen atoms in total. The van der Waals surface area contributed by atoms with Gasteiger partial charge in [-0.15, -0.1) is 0 Å². The van der Waals surface area contributed by atoms with Crippen LogP contribution in [-0.4, -0.2) is 48.2 Å². The predicted molar refractivity (Wildman–Crippen MR) is 104 cm³/mol. The second-order valence-electron chi connectivity index (χ2n) is 6.64. The molecule has 0 saturated carbocycles. The van der Waals surface area contributed by atoms with E-state index >= 15 is 0 Å². The maximum atomic E-state index is 12.7. The molecule has 2 aromatic rings. The van der Waals surface area contributed by atoms with Crippen molar-refractivity contribution in [2.45, 2.75) is 26.3 Å². The zero-order chi connectivity index (χ0) is 19.4. The number of urea groups is 1. The molecule has 1 aliphatic rings. The molecule has 0 bridgehead atoms. The van der Waals surface area contributed by atoms with E-state index in [1.807, 2.05) is 38.1 Å². The van der Waals surface area contributed by atoms with E-state index < -0.39 is 6.09 Å². The second kappa shape index (κ2) is 8.07. The van der Waals surface area contributed by atoms with Crippen LogP contribution in [-0.2, 0) is 11.2 Å². The van der Waals surface area contributed by atoms with E-state index in [-0.39, 0.29) is 12.1 Å². The molecule has 0 spiro atoms. The summed E-state index contributed by atoms with van der Waals surface area (Å²) in [5, 5.41) is 2.91. The van der Waals surface area contributed by atoms with Crippen molar-refractivity contribution in [3.05, 3.63) is 53.9 Å². The van der Waals surface area contributed by atoms with Crippen LogP contribution >= 0.6 is 0 Å². The van der Waals surface area contributed by atoms with Crippen molar-refractivity contribution in [2.24, 2.45) is 0 Å². The van der Waals surface area contributed by atoms with Crippen LogP contribution in [0.4, 0.5) is 21.0 Å². The second-order valence-corrected chi connectivity index (χ2v) is 6.64. The van der Waals surface area contributed by atoms with Crippen LogP contribution in [0.2, 0.25) is 0 Å². The fraction of sp³-hybridized carbons (Fsp3) is 0.350. The Hall–Kier alpha value is -3.09. The number of nitrogens with one attached hydrogen (secondary N) is 1. The Bertz CT molecular complexity index is 839. The minimum Gasteiger partial charge on any atom is -0.447 e. The highest BCUT2D eigenvalue weighted by atomic mass is 16.6. The molecular weight excluding hydrogens is 344 g/mol. The first-order valence-electron chi connectivity index (χ1n) is 8.95. The lowest BCUT2D eigenvalue weighted by molar-refractivity contribution is 0.181. The largest absolute Gasteiger partial charge is 0.447 e. The minimum absolute atomic E-state index is 0.0393. The molecular formula is C20H24N4O3. The van der Waals surface area contributed by atoms with Gasteiger partial charge in [0.15, 0.2) is 0 Å². The van der Waals surface area contributed by atoms with Crippen LogP contribution in [0, 0.1) is 6.92 Å². The van der Waals surface area contributed by atoms with Crippen molar-refractivity contribution >= 4 is 23.5 Å². The SMILES string of the molecule is Cc1cccnc1C[C@@H](C)N(C)C(=O)Nc1ccccc1N1CCOC1=O. The van der Waals surface area contributed by atoms with E-state index in [0.29, 0.717) is 30.9 Å². The van der Waals surface area contributed by atoms with Crippen LogP contribution in [0.3, 0.4) is 0 Å². The number of ether oxygens (including phenoxy) is 1. The number of nitrogens with zero attached hydrogens (tertiary/aromatic N) is 3. The molecule has 1 fully saturated rings. The normalized spacial score (nSPS) is 14.6. The topological polar surface area (TPSA) is 74.8 Å². The maximum Gasteiger partial charge on any atom is 0.414 e. The molecule has 1 aromatic carbocycles. The maximum absolute atomic E-state index is 12.7. The van der Waals surface area contributed by atoms with Gasteiger partial charge in [-0.2, -0.15) is 0 Å². The summed E-state index contributed by atoms with van der Waals surface area (Å²) in [4.78, 5) is 32.2. The fourth-order valence-corrected chi connectivity index (χ4v) is 2.98. The van der Waals surface area contributed by atoms with Gasteiger partial charge >= 0.3 is 12.1 Å². The number of para-hydroxylation sites is 2. The summed E-state index contributed by atoms with van der Waals surface area (Å²) in [6, 6.07) is 10.9. The number of pyridine rings is 1. The van der Waals surface area contributed by atoms with Crippen molar-refractivity contribution in [3.63, 3.8) is 0 Å². The Labute approximate surface area is 158 Å². The number of amides is 3. The number of cyclic esters (lactones) is 1. The Morgan fingerprint density at radius 3 is 2.81 bits per heavy atom. The Balaban J connectivity index is 1.70. The van der Waals surface area contributed by atoms with E-state index in [9.17, 15) is 9.59 Å². The van der Waals surface area contributed by atoms with E-state index in [2.05, 4.69) is 10.3 Å². The molecule has 1 aliphatic heterocycles. The molecule has 1 saturated heterocycles. The standard InChI is InChI=1S/C20H24N4O3/c1-14-7-6-10-21-17(14)13-15(2)23(3)19(25)22-16-8-4-5-9-18(16)24-11-12-27-20(24)26/h4-10,15H,11-13H2,1-3H3,(H,22,25)/t15-/m1/s1. The van der Waals surface area contributed by atoms with Gasteiger partial charge in [-0.1, -0.05) is 18.2 Å². The van der Waals surface area contributed by atoms with Gasteiger partial charge in [0.2, 0.25) is 0 Å². The molecule has 0 unspecified atom stereocenters. The first kappa shape index (κ1) is 18.7. The lowest BCUT2D eigenvalue weighted by Crippen LogP contribution is -2.40. The zero-order valence-corrected chi connectivity index (χ0v) is 15.8. The fourth-order valence-electron chi connectivity index (χ4n) is 2.98. The number of hydrogen-bond donors (Lipinski definition) is 1. The Kier molecular flexibility index (Phi) is 5.59. The number of rotatable bonds is 5. The van der Waals surface area contributed by atoms with E-state index in [0.717, 1.165) is 11.3 Å². The van der Waals surface area contributed by atoms with E-state index in [4.69, 9.17) is 4.74 Å². The summed E-state index contributed by atoms with van der Waals surface area (Å²) in [5.74, 6) is 0. The minimum atomic E-state index is -0.399. The van der Waals surface area contributed by atoms with Crippen LogP contribution < -0.4 is 10.2 Å². The monoisotopic (exact) mass is 368 g/mol. The highest BCUT2D eigenvalue weighted by Gasteiger charge is 2.26. The van der Waals surface area contributed by atoms with Gasteiger partial charge in [-0.3, -0.25) is 9.88 Å². The number of aromatic nitrogens is 1. The van der Waals surface area contributed by atoms with Crippen molar-refractivity contribution in [1.82, 2.24) is 9.88 Å². The van der Waals surface area contributed by atoms with Crippen LogP contribution in [0.5, 0.6) is 0 Å². The summed E-state index contributed by atoms with van der Waals surface area (Å²) in [6.07, 6.45) is 2.03. The number of hydrogen-bond acceptors (Lipinski definition) is 4. The highest BCUT2D eigenvalue weighted by molar-refractivity contribution is 5.99. The zero-order valence-electron chi connectivity index (χ0n) is 15.8. The molecule has 7 heteroatoms. The average Bonchev–Trinajstić information content (AvgIpc) is 3.09. The van der Waals surface area contributed by atoms with Crippen molar-refractivity contribution in [3.8, 4) is 0 Å². The molecule has 27 heavy (non-hydrogen) atoms. The Morgan fingerprint density at radius 1 is 1.33 bits per heavy atom. The summed E-state index contributed by atoms with van der Waals surface area (Å²) >= 11 is 0. The first-order chi connectivity index (χ1) is 13.0. The van der Waals surface area contributed by atoms with Gasteiger partial charge in [-0.25, -0.2) is 9.59 Å². The third kappa shape index (κ3) is 4.19. The lowest BCUT2D eigenvalue weighted by atomic mass is 10.1. The number of aryl methyl sites for hydroxylation is 1. The predicted octanol–water partition coefficient (Wildman–Crippen LogP) is 3.44. The molecule has 3 rings (SSSR count). The highest BCUT2D eigenvalue weighted by Crippen LogP contribution is 2.28. The smallest absolute Gasteiger partial charge is 0.414 e. The number of likely N-dealkylation sites (N-methyl/N-ethyl adjacent to an activating group) is 1. The first-order valence-corrected chi connectivity index (χ1v) is 8.95. The number of anilines is 2. The molecule has 1 aromatic heterocycles. The van der Waals surface area contributed by atoms with Gasteiger partial charge in [0.25, 0.3) is 0 Å². The molecule has 3 amide bonds. The molecule has 2 heterocycles. The Morgan fingerprint density at radius 2 is 2.11 bits per heavy atom. The van der Waals surface area contributed by atoms with E-state index in [1.165, 1.54) is 4.90 Å². The molecule has 1 N–H and O–H groups in total. The number of benzene rings is 1. The van der Waals surface area contributed by atoms with Gasteiger partial charge in [0.1, 0.15) is 6.61 Å². The van der Waals surface area contributed by atoms with Gasteiger partial charge < -0.3 is 15.0 Å². The van der Waals surface area contributed by atoms with Gasteiger partial charge in [-0.05, 0) is 37.6 Å². The van der Waals surface area contributed by atoms with Crippen LogP contribution in [0.15, 0.2) is 42.6 Å². The van der Waals surface area contributed by atoms with E-state index in [1.54, 1.807) is 30.3 Å². The van der Waals surface area contributed by atoms with Crippen LogP contribution in [0.25, 0.3) is 0 Å². The van der Waals surface area contributed by atoms with Crippen molar-refractivity contribution < 1.29 is 14.3 Å². The molecule has 0 radical (unpaired) electrons. The van der Waals surface area contributed by atoms with Gasteiger partial charge in [0, 0.05) is 31.4 Å². The molecule has 1 atom stereocenters. The summed E-state index contributed by atoms with van der Waals surface area (Å²) < 4.78 is 5.00. The third-order valence-corrected chi connectivity index (χ3v) is 4.79. The summed E-state index contributed by atoms with van der Waals surface area (Å²) in [6.45, 7) is 4.82. The van der Waals surface area contributed by atoms with Crippen molar-refractivity contribution in [2.75, 3.05) is 30.4 Å². The van der Waals surface area contributed by atoms with Gasteiger partial charge in [0.05, 0.1) is 17.9 Å².